The van der Waals surface area contributed by atoms with Crippen LogP contribution in [0.5, 0.6) is 0 Å². The van der Waals surface area contributed by atoms with Crippen LogP contribution in [0.15, 0.2) is 35.3 Å². The van der Waals surface area contributed by atoms with Crippen LogP contribution in [0, 0.1) is 10.7 Å². The molecule has 2 nitrogen and oxygen atoms in total. The van der Waals surface area contributed by atoms with Gasteiger partial charge in [0.25, 0.3) is 0 Å². The van der Waals surface area contributed by atoms with Crippen LogP contribution in [0.25, 0.3) is 0 Å². The smallest absolute Gasteiger partial charge is 0.134 e. The number of thiocyanates is 1. The number of rotatable bonds is 4. The predicted molar refractivity (Wildman–Crippen MR) is 62.3 cm³/mol. The summed E-state index contributed by atoms with van der Waals surface area (Å²) in [5.74, 6) is 0. The standard InChI is InChI=1S/C10H8N2S2/c11-7-14-10(6-12-8-13)9-4-2-1-3-5-9/h1-5,10H,6H2. The zero-order valence-electron chi connectivity index (χ0n) is 7.38. The Morgan fingerprint density at radius 2 is 2.14 bits per heavy atom. The van der Waals surface area contributed by atoms with E-state index in [1.54, 1.807) is 0 Å². The lowest BCUT2D eigenvalue weighted by Gasteiger charge is -2.08. The third-order valence-corrected chi connectivity index (χ3v) is 2.63. The third kappa shape index (κ3) is 3.31. The molecular weight excluding hydrogens is 212 g/mol. The van der Waals surface area contributed by atoms with Crippen molar-refractivity contribution in [3.63, 3.8) is 0 Å². The summed E-state index contributed by atoms with van der Waals surface area (Å²) in [4.78, 5) is 3.86. The van der Waals surface area contributed by atoms with Gasteiger partial charge in [0.15, 0.2) is 0 Å². The maximum absolute atomic E-state index is 8.62. The van der Waals surface area contributed by atoms with Crippen molar-refractivity contribution in [1.29, 1.82) is 5.26 Å². The molecule has 0 saturated carbocycles. The summed E-state index contributed by atoms with van der Waals surface area (Å²) in [6.45, 7) is 0.506. The van der Waals surface area contributed by atoms with Crippen molar-refractivity contribution in [1.82, 2.24) is 0 Å². The predicted octanol–water partition coefficient (Wildman–Crippen LogP) is 3.04. The van der Waals surface area contributed by atoms with Crippen molar-refractivity contribution in [3.05, 3.63) is 35.9 Å². The van der Waals surface area contributed by atoms with E-state index >= 15 is 0 Å². The number of hydrogen-bond acceptors (Lipinski definition) is 4. The maximum atomic E-state index is 8.62. The van der Waals surface area contributed by atoms with E-state index in [0.29, 0.717) is 6.54 Å². The van der Waals surface area contributed by atoms with Crippen LogP contribution in [0.2, 0.25) is 0 Å². The summed E-state index contributed by atoms with van der Waals surface area (Å²) in [7, 11) is 0. The zero-order valence-corrected chi connectivity index (χ0v) is 9.02. The summed E-state index contributed by atoms with van der Waals surface area (Å²) < 4.78 is 0. The number of isothiocyanates is 1. The molecule has 14 heavy (non-hydrogen) atoms. The Morgan fingerprint density at radius 3 is 2.71 bits per heavy atom. The molecule has 0 bridgehead atoms. The van der Waals surface area contributed by atoms with Gasteiger partial charge in [-0.2, -0.15) is 5.26 Å². The minimum absolute atomic E-state index is 0.0525. The highest BCUT2D eigenvalue weighted by Gasteiger charge is 2.10. The molecule has 70 valence electrons. The summed E-state index contributed by atoms with van der Waals surface area (Å²) in [5.41, 5.74) is 1.09. The minimum Gasteiger partial charge on any atom is -0.231 e. The lowest BCUT2D eigenvalue weighted by atomic mass is 10.1. The second-order valence-corrected chi connectivity index (χ2v) is 3.71. The first kappa shape index (κ1) is 10.9. The molecule has 1 rings (SSSR count). The topological polar surface area (TPSA) is 36.1 Å². The fourth-order valence-electron chi connectivity index (χ4n) is 1.06. The van der Waals surface area contributed by atoms with E-state index in [-0.39, 0.29) is 5.25 Å². The number of nitrogens with zero attached hydrogens (tertiary/aromatic N) is 2. The molecule has 0 N–H and O–H groups in total. The Morgan fingerprint density at radius 1 is 1.43 bits per heavy atom. The quantitative estimate of drug-likeness (QED) is 0.444. The molecule has 1 atom stereocenters. The van der Waals surface area contributed by atoms with E-state index < -0.39 is 0 Å². The number of nitriles is 1. The lowest BCUT2D eigenvalue weighted by Crippen LogP contribution is -1.96. The van der Waals surface area contributed by atoms with E-state index in [2.05, 4.69) is 27.8 Å². The molecule has 0 fully saturated rings. The van der Waals surface area contributed by atoms with E-state index in [4.69, 9.17) is 5.26 Å². The van der Waals surface area contributed by atoms with Gasteiger partial charge < -0.3 is 0 Å². The largest absolute Gasteiger partial charge is 0.231 e. The van der Waals surface area contributed by atoms with Gasteiger partial charge in [0.2, 0.25) is 0 Å². The SMILES string of the molecule is N#CSC(CN=C=S)c1ccccc1. The average molecular weight is 220 g/mol. The molecule has 0 heterocycles. The highest BCUT2D eigenvalue weighted by atomic mass is 32.2. The lowest BCUT2D eigenvalue weighted by molar-refractivity contribution is 0.953. The number of aliphatic imine (C=N–C) groups is 1. The van der Waals surface area contributed by atoms with Crippen LogP contribution in [0.1, 0.15) is 10.8 Å². The molecule has 0 amide bonds. The first-order valence-corrected chi connectivity index (χ1v) is 5.30. The van der Waals surface area contributed by atoms with Gasteiger partial charge in [-0.1, -0.05) is 30.3 Å². The Kier molecular flexibility index (Phi) is 4.95. The van der Waals surface area contributed by atoms with E-state index in [1.807, 2.05) is 30.3 Å². The number of thiocarbonyl (C=S) groups is 1. The Bertz CT molecular complexity index is 363. The molecule has 0 radical (unpaired) electrons. The fourth-order valence-corrected chi connectivity index (χ4v) is 1.71. The zero-order chi connectivity index (χ0) is 10.2. The van der Waals surface area contributed by atoms with Gasteiger partial charge in [-0.25, -0.2) is 4.99 Å². The van der Waals surface area contributed by atoms with Crippen molar-refractivity contribution < 1.29 is 0 Å². The summed E-state index contributed by atoms with van der Waals surface area (Å²) in [5, 5.41) is 13.1. The summed E-state index contributed by atoms with van der Waals surface area (Å²) >= 11 is 5.69. The average Bonchev–Trinajstić information content (AvgIpc) is 2.25. The van der Waals surface area contributed by atoms with Crippen molar-refractivity contribution in [2.75, 3.05) is 6.54 Å². The van der Waals surface area contributed by atoms with Crippen molar-refractivity contribution in [3.8, 4) is 5.40 Å². The molecule has 4 heteroatoms. The van der Waals surface area contributed by atoms with Gasteiger partial charge >= 0.3 is 0 Å². The van der Waals surface area contributed by atoms with Crippen LogP contribution < -0.4 is 0 Å². The summed E-state index contributed by atoms with van der Waals surface area (Å²) in [6.07, 6.45) is 0. The highest BCUT2D eigenvalue weighted by molar-refractivity contribution is 8.03. The van der Waals surface area contributed by atoms with Crippen molar-refractivity contribution >= 4 is 29.1 Å². The monoisotopic (exact) mass is 220 g/mol. The van der Waals surface area contributed by atoms with Gasteiger partial charge in [0.05, 0.1) is 17.0 Å². The number of hydrogen-bond donors (Lipinski definition) is 0. The maximum Gasteiger partial charge on any atom is 0.134 e. The molecule has 0 saturated heterocycles. The highest BCUT2D eigenvalue weighted by Crippen LogP contribution is 2.27. The fraction of sp³-hybridized carbons (Fsp3) is 0.200. The molecule has 0 spiro atoms. The first-order valence-electron chi connectivity index (χ1n) is 4.01. The second kappa shape index (κ2) is 6.33. The van der Waals surface area contributed by atoms with Gasteiger partial charge in [-0.05, 0) is 29.5 Å². The van der Waals surface area contributed by atoms with Crippen LogP contribution in [-0.4, -0.2) is 11.7 Å². The Labute approximate surface area is 92.7 Å². The second-order valence-electron chi connectivity index (χ2n) is 2.54. The van der Waals surface area contributed by atoms with E-state index in [0.717, 1.165) is 5.56 Å². The van der Waals surface area contributed by atoms with Crippen LogP contribution in [-0.2, 0) is 0 Å². The molecular formula is C10H8N2S2. The van der Waals surface area contributed by atoms with E-state index in [1.165, 1.54) is 11.8 Å². The Hall–Kier alpha value is -1.14. The normalized spacial score (nSPS) is 11.1. The van der Waals surface area contributed by atoms with Crippen LogP contribution in [0.4, 0.5) is 0 Å². The van der Waals surface area contributed by atoms with Gasteiger partial charge in [-0.15, -0.1) is 0 Å². The molecule has 1 unspecified atom stereocenters. The Balaban J connectivity index is 2.78. The molecule has 0 aromatic heterocycles. The number of benzene rings is 1. The molecule has 1 aromatic rings. The van der Waals surface area contributed by atoms with Crippen molar-refractivity contribution in [2.24, 2.45) is 4.99 Å². The molecule has 0 aliphatic rings. The van der Waals surface area contributed by atoms with Crippen molar-refractivity contribution in [2.45, 2.75) is 5.25 Å². The molecule has 0 aliphatic carbocycles. The van der Waals surface area contributed by atoms with Crippen LogP contribution in [0.3, 0.4) is 0 Å². The number of thioether (sulfide) groups is 1. The first-order chi connectivity index (χ1) is 6.88. The van der Waals surface area contributed by atoms with E-state index in [9.17, 15) is 0 Å². The van der Waals surface area contributed by atoms with Gasteiger partial charge in [0, 0.05) is 0 Å². The molecule has 1 aromatic carbocycles. The summed E-state index contributed by atoms with van der Waals surface area (Å²) in [6, 6.07) is 9.80. The van der Waals surface area contributed by atoms with Gasteiger partial charge in [0.1, 0.15) is 5.40 Å². The third-order valence-electron chi connectivity index (χ3n) is 1.69. The minimum atomic E-state index is 0.0525. The van der Waals surface area contributed by atoms with Crippen LogP contribution >= 0.6 is 24.0 Å². The van der Waals surface area contributed by atoms with Gasteiger partial charge in [-0.3, -0.25) is 0 Å². The molecule has 0 aliphatic heterocycles.